The van der Waals surface area contributed by atoms with Crippen LogP contribution in [0, 0.1) is 6.92 Å². The second kappa shape index (κ2) is 6.60. The molecule has 1 saturated heterocycles. The van der Waals surface area contributed by atoms with Gasteiger partial charge in [-0.1, -0.05) is 0 Å². The molecule has 0 unspecified atom stereocenters. The predicted molar refractivity (Wildman–Crippen MR) is 91.1 cm³/mol. The summed E-state index contributed by atoms with van der Waals surface area (Å²) in [6.45, 7) is 5.38. The molecule has 23 heavy (non-hydrogen) atoms. The first-order valence-corrected chi connectivity index (χ1v) is 7.21. The first-order valence-electron chi connectivity index (χ1n) is 7.21. The number of aromatic carboxylic acids is 1. The average molecular weight is 339 g/mol. The zero-order chi connectivity index (χ0) is 15.9. The molecule has 2 aromatic rings. The average Bonchev–Trinajstić information content (AvgIpc) is 2.48. The largest absolute Gasteiger partial charge is 0.475 e. The number of nitrogens with zero attached hydrogens (tertiary/aromatic N) is 2. The second-order valence-corrected chi connectivity index (χ2v) is 5.73. The number of aryl methyl sites for hydroxylation is 1. The summed E-state index contributed by atoms with van der Waals surface area (Å²) in [5.74, 6) is -1.55. The molecule has 1 N–H and O–H groups in total. The summed E-state index contributed by atoms with van der Waals surface area (Å²) in [4.78, 5) is 27.7. The summed E-state index contributed by atoms with van der Waals surface area (Å²) < 4.78 is 5.52. The third kappa shape index (κ3) is 3.33. The number of carbonyl (C=O) groups is 1. The maximum atomic E-state index is 12.2. The summed E-state index contributed by atoms with van der Waals surface area (Å²) in [6.07, 6.45) is 0. The number of likely N-dealkylation sites (N-methyl/N-ethyl adjacent to an activating group) is 1. The Bertz CT molecular complexity index is 795. The highest BCUT2D eigenvalue weighted by Crippen LogP contribution is 2.28. The Hall–Kier alpha value is -2.05. The van der Waals surface area contributed by atoms with Crippen molar-refractivity contribution in [2.24, 2.45) is 0 Å². The van der Waals surface area contributed by atoms with E-state index in [0.717, 1.165) is 43.5 Å². The minimum atomic E-state index is -1.23. The summed E-state index contributed by atoms with van der Waals surface area (Å²) in [5.41, 5.74) is 1.79. The van der Waals surface area contributed by atoms with E-state index in [1.165, 1.54) is 0 Å². The van der Waals surface area contributed by atoms with E-state index in [1.54, 1.807) is 6.07 Å². The molecule has 7 heteroatoms. The van der Waals surface area contributed by atoms with Crippen LogP contribution < -0.4 is 10.3 Å². The van der Waals surface area contributed by atoms with Gasteiger partial charge in [0.25, 0.3) is 0 Å². The van der Waals surface area contributed by atoms with Crippen LogP contribution in [0.3, 0.4) is 0 Å². The fourth-order valence-corrected chi connectivity index (χ4v) is 2.77. The number of benzene rings is 1. The Morgan fingerprint density at radius 1 is 1.17 bits per heavy atom. The summed E-state index contributed by atoms with van der Waals surface area (Å²) >= 11 is 0. The van der Waals surface area contributed by atoms with Gasteiger partial charge in [-0.25, -0.2) is 4.79 Å². The van der Waals surface area contributed by atoms with Crippen molar-refractivity contribution in [2.45, 2.75) is 6.92 Å². The van der Waals surface area contributed by atoms with E-state index < -0.39 is 5.97 Å². The Balaban J connectivity index is 0.00000192. The minimum absolute atomic E-state index is 0. The van der Waals surface area contributed by atoms with Crippen LogP contribution in [0.25, 0.3) is 11.0 Å². The molecule has 0 saturated carbocycles. The van der Waals surface area contributed by atoms with E-state index in [1.807, 2.05) is 13.0 Å². The van der Waals surface area contributed by atoms with Crippen LogP contribution in [0.4, 0.5) is 5.69 Å². The fourth-order valence-electron chi connectivity index (χ4n) is 2.77. The van der Waals surface area contributed by atoms with Crippen LogP contribution in [0.15, 0.2) is 27.4 Å². The highest BCUT2D eigenvalue weighted by Gasteiger charge is 2.20. The van der Waals surface area contributed by atoms with E-state index in [4.69, 9.17) is 9.52 Å². The van der Waals surface area contributed by atoms with Crippen LogP contribution in [0.2, 0.25) is 0 Å². The van der Waals surface area contributed by atoms with Gasteiger partial charge in [-0.2, -0.15) is 0 Å². The highest BCUT2D eigenvalue weighted by atomic mass is 35.5. The molecule has 1 aliphatic rings. The lowest BCUT2D eigenvalue weighted by molar-refractivity contribution is 0.0663. The quantitative estimate of drug-likeness (QED) is 0.902. The predicted octanol–water partition coefficient (Wildman–Crippen LogP) is 1.97. The van der Waals surface area contributed by atoms with Gasteiger partial charge in [-0.15, -0.1) is 12.4 Å². The van der Waals surface area contributed by atoms with Crippen molar-refractivity contribution in [3.05, 3.63) is 39.7 Å². The molecular formula is C16H19ClN2O4. The number of rotatable bonds is 2. The second-order valence-electron chi connectivity index (χ2n) is 5.73. The minimum Gasteiger partial charge on any atom is -0.475 e. The van der Waals surface area contributed by atoms with Crippen molar-refractivity contribution in [2.75, 3.05) is 38.1 Å². The van der Waals surface area contributed by atoms with Crippen LogP contribution in [0.1, 0.15) is 16.1 Å². The van der Waals surface area contributed by atoms with E-state index in [2.05, 4.69) is 16.8 Å². The van der Waals surface area contributed by atoms with Gasteiger partial charge in [0, 0.05) is 32.2 Å². The van der Waals surface area contributed by atoms with Crippen molar-refractivity contribution in [1.82, 2.24) is 4.90 Å². The number of carboxylic acid groups (broad SMARTS) is 1. The maximum Gasteiger partial charge on any atom is 0.371 e. The summed E-state index contributed by atoms with van der Waals surface area (Å²) in [6, 6.07) is 4.73. The molecule has 3 rings (SSSR count). The molecule has 124 valence electrons. The van der Waals surface area contributed by atoms with Crippen LogP contribution in [-0.2, 0) is 0 Å². The lowest BCUT2D eigenvalue weighted by atomic mass is 10.1. The molecule has 1 aromatic carbocycles. The number of anilines is 1. The molecule has 0 bridgehead atoms. The molecule has 1 aromatic heterocycles. The monoisotopic (exact) mass is 338 g/mol. The smallest absolute Gasteiger partial charge is 0.371 e. The van der Waals surface area contributed by atoms with Gasteiger partial charge in [-0.3, -0.25) is 4.79 Å². The molecule has 1 aliphatic heterocycles. The van der Waals surface area contributed by atoms with Gasteiger partial charge in [0.15, 0.2) is 11.0 Å². The summed E-state index contributed by atoms with van der Waals surface area (Å²) in [5, 5.41) is 9.54. The SMILES string of the molecule is Cc1cc(N2CCN(C)CC2)c2oc(C(=O)O)cc(=O)c2c1.Cl. The summed E-state index contributed by atoms with van der Waals surface area (Å²) in [7, 11) is 2.06. The number of hydrogen-bond acceptors (Lipinski definition) is 5. The molecule has 6 nitrogen and oxygen atoms in total. The van der Waals surface area contributed by atoms with Crippen LogP contribution >= 0.6 is 12.4 Å². The zero-order valence-electron chi connectivity index (χ0n) is 13.0. The first kappa shape index (κ1) is 17.3. The Morgan fingerprint density at radius 3 is 2.43 bits per heavy atom. The molecule has 0 aliphatic carbocycles. The lowest BCUT2D eigenvalue weighted by Crippen LogP contribution is -2.44. The zero-order valence-corrected chi connectivity index (χ0v) is 13.9. The maximum absolute atomic E-state index is 12.2. The normalized spacial score (nSPS) is 15.5. The third-order valence-electron chi connectivity index (χ3n) is 4.01. The van der Waals surface area contributed by atoms with Crippen LogP contribution in [0.5, 0.6) is 0 Å². The van der Waals surface area contributed by atoms with E-state index >= 15 is 0 Å². The van der Waals surface area contributed by atoms with E-state index in [-0.39, 0.29) is 23.6 Å². The number of carboxylic acids is 1. The number of fused-ring (bicyclic) bond motifs is 1. The number of halogens is 1. The Kier molecular flexibility index (Phi) is 4.97. The lowest BCUT2D eigenvalue weighted by Gasteiger charge is -2.34. The van der Waals surface area contributed by atoms with Gasteiger partial charge in [0.1, 0.15) is 0 Å². The molecule has 0 radical (unpaired) electrons. The highest BCUT2D eigenvalue weighted by molar-refractivity contribution is 5.93. The molecule has 0 atom stereocenters. The first-order chi connectivity index (χ1) is 10.5. The van der Waals surface area contributed by atoms with Gasteiger partial charge in [-0.05, 0) is 31.7 Å². The van der Waals surface area contributed by atoms with E-state index in [0.29, 0.717) is 11.0 Å². The van der Waals surface area contributed by atoms with Crippen molar-refractivity contribution in [1.29, 1.82) is 0 Å². The van der Waals surface area contributed by atoms with E-state index in [9.17, 15) is 9.59 Å². The standard InChI is InChI=1S/C16H18N2O4.ClH/c1-10-7-11-13(19)9-14(16(20)21)22-15(11)12(8-10)18-5-3-17(2)4-6-18;/h7-9H,3-6H2,1-2H3,(H,20,21);1H. The Labute approximate surface area is 139 Å². The fraction of sp³-hybridized carbons (Fsp3) is 0.375. The number of hydrogen-bond donors (Lipinski definition) is 1. The van der Waals surface area contributed by atoms with Crippen molar-refractivity contribution < 1.29 is 14.3 Å². The topological polar surface area (TPSA) is 74.0 Å². The van der Waals surface area contributed by atoms with Gasteiger partial charge < -0.3 is 19.3 Å². The molecule has 0 amide bonds. The van der Waals surface area contributed by atoms with Crippen molar-refractivity contribution in [3.8, 4) is 0 Å². The molecular weight excluding hydrogens is 320 g/mol. The third-order valence-corrected chi connectivity index (χ3v) is 4.01. The Morgan fingerprint density at radius 2 is 1.83 bits per heavy atom. The number of piperazine rings is 1. The van der Waals surface area contributed by atoms with Crippen molar-refractivity contribution in [3.63, 3.8) is 0 Å². The van der Waals surface area contributed by atoms with Gasteiger partial charge in [0.05, 0.1) is 11.1 Å². The molecule has 1 fully saturated rings. The van der Waals surface area contributed by atoms with Gasteiger partial charge in [0.2, 0.25) is 5.76 Å². The molecule has 0 spiro atoms. The van der Waals surface area contributed by atoms with Crippen LogP contribution in [-0.4, -0.2) is 49.2 Å². The molecule has 2 heterocycles. The van der Waals surface area contributed by atoms with Crippen molar-refractivity contribution >= 4 is 35.0 Å². The van der Waals surface area contributed by atoms with Gasteiger partial charge >= 0.3 is 5.97 Å².